The van der Waals surface area contributed by atoms with Crippen LogP contribution < -0.4 is 15.1 Å². The van der Waals surface area contributed by atoms with E-state index in [1.807, 2.05) is 6.07 Å². The number of hydrogen-bond acceptors (Lipinski definition) is 4. The predicted molar refractivity (Wildman–Crippen MR) is 105 cm³/mol. The molecule has 1 aliphatic heterocycles. The van der Waals surface area contributed by atoms with Gasteiger partial charge in [0.15, 0.2) is 0 Å². The molecule has 2 fully saturated rings. The van der Waals surface area contributed by atoms with Crippen LogP contribution in [0.3, 0.4) is 0 Å². The Hall–Kier alpha value is -2.56. The molecule has 1 amide bonds. The van der Waals surface area contributed by atoms with Gasteiger partial charge in [0.05, 0.1) is 0 Å². The van der Waals surface area contributed by atoms with Crippen LogP contribution in [0.1, 0.15) is 29.6 Å². The van der Waals surface area contributed by atoms with Gasteiger partial charge >= 0.3 is 0 Å². The Morgan fingerprint density at radius 3 is 2.81 bits per heavy atom. The standard InChI is InChI=1S/C21H26N4O/c1-24(14-16-10-12-25(15-16)19-5-3-2-4-6-19)20-13-17(9-11-22-20)21(26)23-18-7-8-18/h2-6,9,11,13,16,18H,7-8,10,12,14-15H2,1H3,(H,23,26). The highest BCUT2D eigenvalue weighted by molar-refractivity contribution is 5.95. The van der Waals surface area contributed by atoms with Crippen LogP contribution in [0, 0.1) is 5.92 Å². The van der Waals surface area contributed by atoms with Crippen LogP contribution in [0.25, 0.3) is 0 Å². The molecule has 1 aromatic carbocycles. The Bertz CT molecular complexity index is 760. The lowest BCUT2D eigenvalue weighted by Crippen LogP contribution is -2.29. The van der Waals surface area contributed by atoms with E-state index in [4.69, 9.17) is 0 Å². The lowest BCUT2D eigenvalue weighted by molar-refractivity contribution is 0.0951. The van der Waals surface area contributed by atoms with Crippen LogP contribution in [0.2, 0.25) is 0 Å². The number of carbonyl (C=O) groups is 1. The molecular weight excluding hydrogens is 324 g/mol. The molecule has 26 heavy (non-hydrogen) atoms. The molecule has 4 rings (SSSR count). The number of pyridine rings is 1. The minimum absolute atomic E-state index is 0.0145. The van der Waals surface area contributed by atoms with Gasteiger partial charge in [0.1, 0.15) is 5.82 Å². The zero-order valence-corrected chi connectivity index (χ0v) is 15.3. The van der Waals surface area contributed by atoms with Crippen LogP contribution in [0.15, 0.2) is 48.7 Å². The zero-order chi connectivity index (χ0) is 17.9. The van der Waals surface area contributed by atoms with Crippen LogP contribution in [0.5, 0.6) is 0 Å². The Balaban J connectivity index is 1.36. The van der Waals surface area contributed by atoms with Crippen molar-refractivity contribution in [3.8, 4) is 0 Å². The Morgan fingerprint density at radius 2 is 2.04 bits per heavy atom. The summed E-state index contributed by atoms with van der Waals surface area (Å²) in [6.45, 7) is 3.11. The van der Waals surface area contributed by atoms with Crippen LogP contribution in [-0.4, -0.2) is 43.6 Å². The molecule has 1 atom stereocenters. The largest absolute Gasteiger partial charge is 0.371 e. The fraction of sp³-hybridized carbons (Fsp3) is 0.429. The summed E-state index contributed by atoms with van der Waals surface area (Å²) in [5, 5.41) is 3.04. The van der Waals surface area contributed by atoms with Crippen molar-refractivity contribution >= 4 is 17.4 Å². The minimum Gasteiger partial charge on any atom is -0.371 e. The lowest BCUT2D eigenvalue weighted by Gasteiger charge is -2.23. The first kappa shape index (κ1) is 16.9. The normalized spacial score (nSPS) is 19.4. The number of carbonyl (C=O) groups excluding carboxylic acids is 1. The Morgan fingerprint density at radius 1 is 1.23 bits per heavy atom. The number of para-hydroxylation sites is 1. The Labute approximate surface area is 155 Å². The van der Waals surface area contributed by atoms with Gasteiger partial charge in [0, 0.05) is 50.2 Å². The third-order valence-corrected chi connectivity index (χ3v) is 5.25. The van der Waals surface area contributed by atoms with E-state index in [-0.39, 0.29) is 5.91 Å². The molecule has 1 aliphatic carbocycles. The molecule has 1 saturated heterocycles. The van der Waals surface area contributed by atoms with E-state index in [9.17, 15) is 4.79 Å². The number of anilines is 2. The summed E-state index contributed by atoms with van der Waals surface area (Å²) >= 11 is 0. The van der Waals surface area contributed by atoms with E-state index in [0.29, 0.717) is 17.5 Å². The van der Waals surface area contributed by atoms with Crippen LogP contribution in [-0.2, 0) is 0 Å². The SMILES string of the molecule is CN(CC1CCN(c2ccccc2)C1)c1cc(C(=O)NC2CC2)ccn1. The number of rotatable bonds is 6. The van der Waals surface area contributed by atoms with Gasteiger partial charge in [-0.2, -0.15) is 0 Å². The fourth-order valence-electron chi connectivity index (χ4n) is 3.60. The van der Waals surface area contributed by atoms with Gasteiger partial charge in [-0.25, -0.2) is 4.98 Å². The average molecular weight is 350 g/mol. The average Bonchev–Trinajstić information content (AvgIpc) is 3.37. The molecule has 0 radical (unpaired) electrons. The number of aromatic nitrogens is 1. The zero-order valence-electron chi connectivity index (χ0n) is 15.3. The van der Waals surface area contributed by atoms with Crippen molar-refractivity contribution in [1.29, 1.82) is 0 Å². The molecule has 136 valence electrons. The molecule has 0 bridgehead atoms. The summed E-state index contributed by atoms with van der Waals surface area (Å²) in [7, 11) is 2.07. The quantitative estimate of drug-likeness (QED) is 0.870. The highest BCUT2D eigenvalue weighted by Gasteiger charge is 2.25. The molecule has 0 spiro atoms. The highest BCUT2D eigenvalue weighted by atomic mass is 16.1. The van der Waals surface area contributed by atoms with Crippen molar-refractivity contribution in [2.24, 2.45) is 5.92 Å². The second kappa shape index (κ2) is 7.36. The van der Waals surface area contributed by atoms with Crippen molar-refractivity contribution in [3.63, 3.8) is 0 Å². The molecule has 2 aliphatic rings. The molecule has 1 saturated carbocycles. The van der Waals surface area contributed by atoms with Crippen LogP contribution >= 0.6 is 0 Å². The van der Waals surface area contributed by atoms with E-state index in [2.05, 4.69) is 57.5 Å². The van der Waals surface area contributed by atoms with Gasteiger partial charge in [-0.15, -0.1) is 0 Å². The van der Waals surface area contributed by atoms with Crippen molar-refractivity contribution in [1.82, 2.24) is 10.3 Å². The third kappa shape index (κ3) is 3.98. The number of hydrogen-bond donors (Lipinski definition) is 1. The second-order valence-corrected chi connectivity index (χ2v) is 7.47. The third-order valence-electron chi connectivity index (χ3n) is 5.25. The van der Waals surface area contributed by atoms with Gasteiger partial charge in [-0.1, -0.05) is 18.2 Å². The summed E-state index contributed by atoms with van der Waals surface area (Å²) in [6.07, 6.45) is 5.12. The smallest absolute Gasteiger partial charge is 0.251 e. The van der Waals surface area contributed by atoms with E-state index in [0.717, 1.165) is 38.3 Å². The van der Waals surface area contributed by atoms with Gasteiger partial charge in [0.2, 0.25) is 0 Å². The van der Waals surface area contributed by atoms with Crippen molar-refractivity contribution in [3.05, 3.63) is 54.2 Å². The second-order valence-electron chi connectivity index (χ2n) is 7.47. The number of nitrogens with one attached hydrogen (secondary N) is 1. The molecule has 1 aromatic heterocycles. The molecule has 1 unspecified atom stereocenters. The van der Waals surface area contributed by atoms with E-state index in [1.54, 1.807) is 12.3 Å². The maximum Gasteiger partial charge on any atom is 0.251 e. The molecule has 1 N–H and O–H groups in total. The van der Waals surface area contributed by atoms with E-state index < -0.39 is 0 Å². The van der Waals surface area contributed by atoms with Crippen molar-refractivity contribution < 1.29 is 4.79 Å². The molecule has 5 nitrogen and oxygen atoms in total. The summed E-state index contributed by atoms with van der Waals surface area (Å²) in [5.74, 6) is 1.48. The van der Waals surface area contributed by atoms with E-state index >= 15 is 0 Å². The van der Waals surface area contributed by atoms with Gasteiger partial charge in [-0.3, -0.25) is 4.79 Å². The van der Waals surface area contributed by atoms with Crippen molar-refractivity contribution in [2.45, 2.75) is 25.3 Å². The predicted octanol–water partition coefficient (Wildman–Crippen LogP) is 2.94. The Kier molecular flexibility index (Phi) is 4.78. The summed E-state index contributed by atoms with van der Waals surface area (Å²) in [5.41, 5.74) is 2.00. The molecule has 5 heteroatoms. The van der Waals surface area contributed by atoms with Gasteiger partial charge < -0.3 is 15.1 Å². The maximum atomic E-state index is 12.3. The monoisotopic (exact) mass is 350 g/mol. The summed E-state index contributed by atoms with van der Waals surface area (Å²) < 4.78 is 0. The topological polar surface area (TPSA) is 48.5 Å². The van der Waals surface area contributed by atoms with Crippen LogP contribution in [0.4, 0.5) is 11.5 Å². The lowest BCUT2D eigenvalue weighted by atomic mass is 10.1. The molecular formula is C21H26N4O. The molecule has 2 aromatic rings. The maximum absolute atomic E-state index is 12.3. The first-order valence-corrected chi connectivity index (χ1v) is 9.47. The van der Waals surface area contributed by atoms with Gasteiger partial charge in [0.25, 0.3) is 5.91 Å². The number of benzene rings is 1. The first-order valence-electron chi connectivity index (χ1n) is 9.47. The van der Waals surface area contributed by atoms with E-state index in [1.165, 1.54) is 12.1 Å². The number of nitrogens with zero attached hydrogens (tertiary/aromatic N) is 3. The van der Waals surface area contributed by atoms with Crippen molar-refractivity contribution in [2.75, 3.05) is 36.5 Å². The fourth-order valence-corrected chi connectivity index (χ4v) is 3.60. The summed E-state index contributed by atoms with van der Waals surface area (Å²) in [4.78, 5) is 21.3. The highest BCUT2D eigenvalue weighted by Crippen LogP contribution is 2.25. The number of amides is 1. The van der Waals surface area contributed by atoms with Gasteiger partial charge in [-0.05, 0) is 49.4 Å². The minimum atomic E-state index is 0.0145. The first-order chi connectivity index (χ1) is 12.7. The molecule has 2 heterocycles. The summed E-state index contributed by atoms with van der Waals surface area (Å²) in [6, 6.07) is 14.7.